The number of carbonyl (C=O) groups excluding carboxylic acids is 1. The summed E-state index contributed by atoms with van der Waals surface area (Å²) in [6.45, 7) is 6.85. The molecule has 308 valence electrons. The van der Waals surface area contributed by atoms with Crippen LogP contribution in [0.15, 0.2) is 105 Å². The van der Waals surface area contributed by atoms with Crippen molar-refractivity contribution in [1.29, 1.82) is 0 Å². The zero-order chi connectivity index (χ0) is 41.0. The number of allylic oxidation sites excluding steroid dienone is 3. The number of phenols is 1. The minimum absolute atomic E-state index is 0.0267. The number of rotatable bonds is 8. The number of nitrogens with zero attached hydrogens (tertiary/aromatic N) is 1. The molecule has 9 N–H and O–H groups in total. The first-order valence-electron chi connectivity index (χ1n) is 20.5. The Morgan fingerprint density at radius 2 is 1.90 bits per heavy atom. The molecule has 7 aliphatic rings. The fourth-order valence-electron chi connectivity index (χ4n) is 10.6. The molecule has 3 aromatic heterocycles. The number of epoxide rings is 1. The zero-order valence-corrected chi connectivity index (χ0v) is 33.6. The maximum absolute atomic E-state index is 14.7. The van der Waals surface area contributed by atoms with Gasteiger partial charge in [-0.2, -0.15) is 0 Å². The highest BCUT2D eigenvalue weighted by molar-refractivity contribution is 5.88. The summed E-state index contributed by atoms with van der Waals surface area (Å²) in [5.74, 6) is 0.497. The summed E-state index contributed by atoms with van der Waals surface area (Å²) in [6, 6.07) is 4.89. The van der Waals surface area contributed by atoms with Crippen LogP contribution in [0.1, 0.15) is 50.4 Å². The standard InChI is InChI=1S/C45H51N7O7/c1-22-11-32(53)39-33(56-22)17-34-40(41(39)54)38-29-7-6-27(14-26(29)18-48-4)45(43(55)57-42(38)44(2,3)58-34)35(59-45)8-5-23-12-30(51-36(46)13-23)25-15-28(50-37(47)16-25)20-52-19-24-9-10-49-31(24)21-52/h6-7,9-13,15-17,19,21,26-30,35,38,42,48-51,54H,5,8,14,18,20,46-47H2,1-4H3. The molecule has 1 aromatic carbocycles. The lowest BCUT2D eigenvalue weighted by Crippen LogP contribution is -2.54. The Hall–Kier alpha value is -5.86. The molecule has 59 heavy (non-hydrogen) atoms. The number of H-pyrrole nitrogens is 1. The molecule has 6 aliphatic heterocycles. The second kappa shape index (κ2) is 13.6. The van der Waals surface area contributed by atoms with Crippen molar-refractivity contribution in [3.63, 3.8) is 0 Å². The number of carbonyl (C=O) groups is 1. The molecule has 14 nitrogen and oxygen atoms in total. The van der Waals surface area contributed by atoms with Crippen LogP contribution in [0, 0.1) is 24.7 Å². The number of nitrogens with one attached hydrogen (secondary N) is 4. The van der Waals surface area contributed by atoms with Crippen molar-refractivity contribution in [2.75, 3.05) is 13.6 Å². The second-order valence-electron chi connectivity index (χ2n) is 17.6. The third kappa shape index (κ3) is 6.22. The van der Waals surface area contributed by atoms with Crippen LogP contribution in [0.2, 0.25) is 0 Å². The van der Waals surface area contributed by atoms with E-state index in [1.165, 1.54) is 6.07 Å². The van der Waals surface area contributed by atoms with Crippen molar-refractivity contribution in [3.05, 3.63) is 118 Å². The molecule has 1 spiro atoms. The van der Waals surface area contributed by atoms with Gasteiger partial charge in [-0.15, -0.1) is 0 Å². The number of aryl methyl sites for hydroxylation is 1. The van der Waals surface area contributed by atoms with Crippen LogP contribution in [-0.2, 0) is 20.8 Å². The number of fused-ring (bicyclic) bond motifs is 5. The number of hydrogen-bond donors (Lipinski definition) is 7. The number of esters is 1. The molecular weight excluding hydrogens is 751 g/mol. The van der Waals surface area contributed by atoms with Gasteiger partial charge in [-0.05, 0) is 94.8 Å². The molecule has 0 amide bonds. The number of nitrogens with two attached hydrogens (primary N) is 2. The summed E-state index contributed by atoms with van der Waals surface area (Å²) in [7, 11) is 1.92. The van der Waals surface area contributed by atoms with Gasteiger partial charge in [-0.25, -0.2) is 4.79 Å². The summed E-state index contributed by atoms with van der Waals surface area (Å²) in [5, 5.41) is 23.3. The van der Waals surface area contributed by atoms with E-state index in [2.05, 4.69) is 68.3 Å². The Balaban J connectivity index is 0.921. The van der Waals surface area contributed by atoms with Crippen LogP contribution in [0.3, 0.4) is 0 Å². The van der Waals surface area contributed by atoms with E-state index in [-0.39, 0.29) is 52.0 Å². The van der Waals surface area contributed by atoms with Crippen LogP contribution < -0.4 is 37.6 Å². The first kappa shape index (κ1) is 37.4. The molecule has 1 aliphatic carbocycles. The lowest BCUT2D eigenvalue weighted by atomic mass is 9.64. The molecule has 11 rings (SSSR count). The van der Waals surface area contributed by atoms with Gasteiger partial charge in [0.1, 0.15) is 39.9 Å². The molecule has 9 unspecified atom stereocenters. The van der Waals surface area contributed by atoms with Gasteiger partial charge in [0.25, 0.3) is 0 Å². The predicted molar refractivity (Wildman–Crippen MR) is 222 cm³/mol. The number of aromatic nitrogens is 2. The van der Waals surface area contributed by atoms with Gasteiger partial charge in [-0.3, -0.25) is 4.79 Å². The van der Waals surface area contributed by atoms with E-state index in [0.717, 1.165) is 22.0 Å². The Morgan fingerprint density at radius 3 is 2.71 bits per heavy atom. The second-order valence-corrected chi connectivity index (χ2v) is 17.6. The van der Waals surface area contributed by atoms with Gasteiger partial charge >= 0.3 is 5.97 Å². The van der Waals surface area contributed by atoms with Crippen LogP contribution in [0.4, 0.5) is 0 Å². The summed E-state index contributed by atoms with van der Waals surface area (Å²) in [5.41, 5.74) is 14.2. The van der Waals surface area contributed by atoms with Crippen LogP contribution in [0.5, 0.6) is 11.5 Å². The van der Waals surface area contributed by atoms with E-state index in [1.54, 1.807) is 13.0 Å². The fraction of sp³-hybridized carbons (Fsp3) is 0.422. The summed E-state index contributed by atoms with van der Waals surface area (Å²) in [4.78, 5) is 31.2. The topological polar surface area (TPSA) is 207 Å². The molecular formula is C45H51N7O7. The maximum atomic E-state index is 14.7. The number of aromatic amines is 1. The monoisotopic (exact) mass is 801 g/mol. The van der Waals surface area contributed by atoms with E-state index in [9.17, 15) is 14.7 Å². The number of ether oxygens (including phenoxy) is 3. The SMILES string of the molecule is CNCC1CC2C=CC1C1c3c(cc4oc(C)cc(=O)c4c3O)OC(C)(C)C1OC(=O)C21OC1CCC1=CC(C2=CC(Cn3cc4cc[nH]c4c3)NC(N)=C2)NC(N)=C1. The average molecular weight is 802 g/mol. The Bertz CT molecular complexity index is 2580. The van der Waals surface area contributed by atoms with Crippen molar-refractivity contribution in [2.45, 2.75) is 88.0 Å². The van der Waals surface area contributed by atoms with Gasteiger partial charge < -0.3 is 60.7 Å². The largest absolute Gasteiger partial charge is 0.507 e. The van der Waals surface area contributed by atoms with E-state index in [1.807, 2.05) is 39.2 Å². The van der Waals surface area contributed by atoms with Crippen LogP contribution >= 0.6 is 0 Å². The van der Waals surface area contributed by atoms with Gasteiger partial charge in [0.2, 0.25) is 0 Å². The van der Waals surface area contributed by atoms with Crippen molar-refractivity contribution in [1.82, 2.24) is 25.5 Å². The van der Waals surface area contributed by atoms with Crippen LogP contribution in [0.25, 0.3) is 21.9 Å². The van der Waals surface area contributed by atoms with Gasteiger partial charge in [0.05, 0.1) is 35.3 Å². The van der Waals surface area contributed by atoms with E-state index < -0.39 is 35.3 Å². The number of phenolic OH excluding ortho intramolecular Hbond substituents is 1. The Kier molecular flexibility index (Phi) is 8.62. The van der Waals surface area contributed by atoms with E-state index in [4.69, 9.17) is 30.1 Å². The highest BCUT2D eigenvalue weighted by Crippen LogP contribution is 2.59. The minimum atomic E-state index is -1.18. The fourth-order valence-corrected chi connectivity index (χ4v) is 10.6. The highest BCUT2D eigenvalue weighted by Gasteiger charge is 2.70. The first-order valence-corrected chi connectivity index (χ1v) is 20.5. The van der Waals surface area contributed by atoms with Gasteiger partial charge in [0, 0.05) is 60.1 Å². The van der Waals surface area contributed by atoms with Crippen LogP contribution in [-0.4, -0.2) is 69.7 Å². The highest BCUT2D eigenvalue weighted by atomic mass is 16.7. The maximum Gasteiger partial charge on any atom is 0.342 e. The summed E-state index contributed by atoms with van der Waals surface area (Å²) >= 11 is 0. The molecule has 9 atom stereocenters. The predicted octanol–water partition coefficient (Wildman–Crippen LogP) is 4.31. The summed E-state index contributed by atoms with van der Waals surface area (Å²) < 4.78 is 27.8. The molecule has 0 radical (unpaired) electrons. The lowest BCUT2D eigenvalue weighted by molar-refractivity contribution is -0.172. The minimum Gasteiger partial charge on any atom is -0.507 e. The average Bonchev–Trinajstić information content (AvgIpc) is 3.52. The molecule has 2 saturated heterocycles. The molecule has 2 fully saturated rings. The van der Waals surface area contributed by atoms with Crippen molar-refractivity contribution < 1.29 is 28.5 Å². The van der Waals surface area contributed by atoms with Crippen molar-refractivity contribution in [2.24, 2.45) is 29.2 Å². The summed E-state index contributed by atoms with van der Waals surface area (Å²) in [6.07, 6.45) is 19.3. The molecule has 2 bridgehead atoms. The van der Waals surface area contributed by atoms with E-state index >= 15 is 0 Å². The Morgan fingerprint density at radius 1 is 1.07 bits per heavy atom. The number of hydrogen-bond acceptors (Lipinski definition) is 12. The van der Waals surface area contributed by atoms with E-state index in [0.29, 0.717) is 61.1 Å². The molecule has 0 saturated carbocycles. The molecule has 9 heterocycles. The molecule has 4 aromatic rings. The zero-order valence-electron chi connectivity index (χ0n) is 33.6. The quantitative estimate of drug-likeness (QED) is 0.0756. The smallest absolute Gasteiger partial charge is 0.342 e. The molecule has 14 heteroatoms. The number of aromatic hydroxyl groups is 1. The number of dihydropyridines is 2. The Labute approximate surface area is 341 Å². The normalized spacial score (nSPS) is 31.6. The third-order valence-electron chi connectivity index (χ3n) is 13.2. The van der Waals surface area contributed by atoms with Crippen molar-refractivity contribution >= 4 is 27.8 Å². The van der Waals surface area contributed by atoms with Gasteiger partial charge in [-0.1, -0.05) is 24.3 Å². The van der Waals surface area contributed by atoms with Crippen molar-refractivity contribution in [3.8, 4) is 11.5 Å². The lowest BCUT2D eigenvalue weighted by Gasteiger charge is -2.47. The van der Waals surface area contributed by atoms with Gasteiger partial charge in [0.15, 0.2) is 11.0 Å². The third-order valence-corrected chi connectivity index (χ3v) is 13.2. The number of benzene rings is 1. The first-order chi connectivity index (χ1) is 28.3.